The Bertz CT molecular complexity index is 2000. The molecule has 0 aliphatic carbocycles. The Morgan fingerprint density at radius 2 is 1.51 bits per heavy atom. The minimum absolute atomic E-state index is 0. The van der Waals surface area contributed by atoms with Gasteiger partial charge >= 0.3 is 0 Å². The van der Waals surface area contributed by atoms with Crippen LogP contribution in [0.1, 0.15) is 47.1 Å². The number of ether oxygens (including phenoxy) is 1. The number of pyridine rings is 2. The molecular formula is C38H36N5OPt-3. The third kappa shape index (κ3) is 5.96. The Morgan fingerprint density at radius 1 is 0.778 bits per heavy atom. The molecule has 0 amide bonds. The molecule has 6 aromatic rings. The molecule has 232 valence electrons. The van der Waals surface area contributed by atoms with Crippen molar-refractivity contribution in [2.24, 2.45) is 5.41 Å². The van der Waals surface area contributed by atoms with Crippen molar-refractivity contribution in [2.75, 3.05) is 16.3 Å². The summed E-state index contributed by atoms with van der Waals surface area (Å²) in [7, 11) is 0. The Balaban J connectivity index is 0.00000357. The van der Waals surface area contributed by atoms with Crippen molar-refractivity contribution in [3.63, 3.8) is 0 Å². The third-order valence-corrected chi connectivity index (χ3v) is 7.87. The number of para-hydroxylation sites is 3. The summed E-state index contributed by atoms with van der Waals surface area (Å²) in [6.45, 7) is 16.4. The average molecular weight is 774 g/mol. The molecule has 0 saturated carbocycles. The molecular weight excluding hydrogens is 738 g/mol. The van der Waals surface area contributed by atoms with E-state index in [9.17, 15) is 0 Å². The van der Waals surface area contributed by atoms with Crippen molar-refractivity contribution in [3.05, 3.63) is 116 Å². The van der Waals surface area contributed by atoms with Crippen molar-refractivity contribution >= 4 is 38.9 Å². The molecule has 0 spiro atoms. The maximum Gasteiger partial charge on any atom is 0.135 e. The van der Waals surface area contributed by atoms with Crippen LogP contribution >= 0.6 is 0 Å². The fourth-order valence-corrected chi connectivity index (χ4v) is 5.84. The fraction of sp³-hybridized carbons (Fsp3) is 0.237. The van der Waals surface area contributed by atoms with E-state index in [1.54, 1.807) is 6.20 Å². The van der Waals surface area contributed by atoms with Gasteiger partial charge in [0.2, 0.25) is 0 Å². The predicted molar refractivity (Wildman–Crippen MR) is 179 cm³/mol. The van der Waals surface area contributed by atoms with Crippen molar-refractivity contribution in [3.8, 4) is 17.4 Å². The van der Waals surface area contributed by atoms with E-state index in [1.807, 2.05) is 18.3 Å². The molecule has 0 radical (unpaired) electrons. The van der Waals surface area contributed by atoms with Crippen LogP contribution in [0.3, 0.4) is 0 Å². The molecule has 0 atom stereocenters. The van der Waals surface area contributed by atoms with E-state index in [4.69, 9.17) is 9.72 Å². The van der Waals surface area contributed by atoms with Crippen LogP contribution in [0.5, 0.6) is 11.6 Å². The van der Waals surface area contributed by atoms with Gasteiger partial charge in [0.15, 0.2) is 0 Å². The van der Waals surface area contributed by atoms with Gasteiger partial charge in [-0.2, -0.15) is 30.6 Å². The molecule has 0 unspecified atom stereocenters. The molecule has 4 heterocycles. The summed E-state index contributed by atoms with van der Waals surface area (Å²) >= 11 is 0. The SMILES string of the molecule is CC(C)(C)CN1[CH-]N(c2[c-]c(Oc3[c-]c4c(cc3)c3ccccc3n4-c3cc(C(C)(C)C)ccn3)ncc2)c2ccccc21.[Pt]. The Kier molecular flexibility index (Phi) is 7.99. The van der Waals surface area contributed by atoms with Crippen LogP contribution in [0.2, 0.25) is 0 Å². The monoisotopic (exact) mass is 773 g/mol. The van der Waals surface area contributed by atoms with Gasteiger partial charge in [-0.15, -0.1) is 17.5 Å². The number of benzene rings is 3. The van der Waals surface area contributed by atoms with Gasteiger partial charge in [-0.1, -0.05) is 77.4 Å². The minimum atomic E-state index is -0.00197. The van der Waals surface area contributed by atoms with Crippen LogP contribution in [0.4, 0.5) is 17.1 Å². The zero-order valence-electron chi connectivity index (χ0n) is 26.4. The third-order valence-electron chi connectivity index (χ3n) is 7.87. The molecule has 7 heteroatoms. The smallest absolute Gasteiger partial charge is 0.135 e. The summed E-state index contributed by atoms with van der Waals surface area (Å²) in [6, 6.07) is 34.0. The first-order valence-electron chi connectivity index (χ1n) is 15.0. The predicted octanol–water partition coefficient (Wildman–Crippen LogP) is 9.38. The zero-order chi connectivity index (χ0) is 30.6. The van der Waals surface area contributed by atoms with E-state index in [1.165, 1.54) is 11.3 Å². The van der Waals surface area contributed by atoms with Gasteiger partial charge in [-0.3, -0.25) is 4.98 Å². The summed E-state index contributed by atoms with van der Waals surface area (Å²) in [5.41, 5.74) is 6.46. The maximum atomic E-state index is 6.34. The second-order valence-corrected chi connectivity index (χ2v) is 13.6. The average Bonchev–Trinajstić information content (AvgIpc) is 3.51. The van der Waals surface area contributed by atoms with Crippen molar-refractivity contribution in [1.82, 2.24) is 14.5 Å². The number of fused-ring (bicyclic) bond motifs is 4. The maximum absolute atomic E-state index is 6.34. The molecule has 6 nitrogen and oxygen atoms in total. The van der Waals surface area contributed by atoms with Gasteiger partial charge in [-0.05, 0) is 64.9 Å². The van der Waals surface area contributed by atoms with Crippen molar-refractivity contribution < 1.29 is 25.8 Å². The van der Waals surface area contributed by atoms with Crippen molar-refractivity contribution in [2.45, 2.75) is 47.0 Å². The van der Waals surface area contributed by atoms with Crippen molar-refractivity contribution in [1.29, 1.82) is 0 Å². The summed E-state index contributed by atoms with van der Waals surface area (Å²) in [5, 5.41) is 2.23. The molecule has 1 aliphatic heterocycles. The summed E-state index contributed by atoms with van der Waals surface area (Å²) in [4.78, 5) is 13.7. The zero-order valence-corrected chi connectivity index (χ0v) is 28.7. The van der Waals surface area contributed by atoms with Crippen LogP contribution in [-0.4, -0.2) is 21.1 Å². The van der Waals surface area contributed by atoms with Gasteiger partial charge in [0.05, 0.1) is 0 Å². The van der Waals surface area contributed by atoms with Gasteiger partial charge in [0.25, 0.3) is 0 Å². The second-order valence-electron chi connectivity index (χ2n) is 13.6. The number of aromatic nitrogens is 3. The van der Waals surface area contributed by atoms with E-state index in [2.05, 4.69) is 146 Å². The normalized spacial score (nSPS) is 13.3. The van der Waals surface area contributed by atoms with Crippen LogP contribution in [-0.2, 0) is 26.5 Å². The number of rotatable bonds is 5. The van der Waals surface area contributed by atoms with E-state index in [0.717, 1.165) is 45.5 Å². The summed E-state index contributed by atoms with van der Waals surface area (Å²) in [6.07, 6.45) is 3.65. The van der Waals surface area contributed by atoms with Gasteiger partial charge in [-0.25, -0.2) is 4.98 Å². The molecule has 0 fully saturated rings. The standard InChI is InChI=1S/C38H36N5O.Pt/c1-37(2,3)24-41-25-42(33-14-10-9-13-32(33)41)27-18-20-40-36(22-27)44-28-15-16-30-29-11-7-8-12-31(29)43(34(30)23-28)35-21-26(17-19-39-35)38(4,5)6;/h7-21,25H,24H2,1-6H3;/q-3;. The summed E-state index contributed by atoms with van der Waals surface area (Å²) in [5.74, 6) is 1.80. The Morgan fingerprint density at radius 3 is 2.29 bits per heavy atom. The number of nitrogens with zero attached hydrogens (tertiary/aromatic N) is 5. The number of hydrogen-bond donors (Lipinski definition) is 0. The number of hydrogen-bond acceptors (Lipinski definition) is 5. The van der Waals surface area contributed by atoms with Gasteiger partial charge in [0, 0.05) is 49.9 Å². The first kappa shape index (κ1) is 30.9. The van der Waals surface area contributed by atoms with E-state index < -0.39 is 0 Å². The van der Waals surface area contributed by atoms with Gasteiger partial charge in [0.1, 0.15) is 11.7 Å². The molecule has 3 aromatic carbocycles. The quantitative estimate of drug-likeness (QED) is 0.164. The van der Waals surface area contributed by atoms with Crippen LogP contribution in [0, 0.1) is 24.2 Å². The largest absolute Gasteiger partial charge is 0.503 e. The fourth-order valence-electron chi connectivity index (χ4n) is 5.84. The van der Waals surface area contributed by atoms with E-state index in [-0.39, 0.29) is 31.9 Å². The molecule has 0 bridgehead atoms. The van der Waals surface area contributed by atoms with Crippen LogP contribution in [0.25, 0.3) is 27.6 Å². The minimum Gasteiger partial charge on any atom is -0.503 e. The molecule has 0 saturated heterocycles. The first-order chi connectivity index (χ1) is 21.0. The van der Waals surface area contributed by atoms with E-state index >= 15 is 0 Å². The molecule has 3 aromatic heterocycles. The molecule has 1 aliphatic rings. The number of anilines is 3. The van der Waals surface area contributed by atoms with Gasteiger partial charge < -0.3 is 19.1 Å². The Labute approximate surface area is 279 Å². The second kappa shape index (κ2) is 11.6. The molecule has 45 heavy (non-hydrogen) atoms. The first-order valence-corrected chi connectivity index (χ1v) is 15.0. The Hall–Kier alpha value is -4.15. The van der Waals surface area contributed by atoms with Crippen LogP contribution in [0.15, 0.2) is 91.3 Å². The van der Waals surface area contributed by atoms with E-state index in [0.29, 0.717) is 11.6 Å². The molecule has 0 N–H and O–H groups in total. The van der Waals surface area contributed by atoms with Crippen LogP contribution < -0.4 is 14.5 Å². The molecule has 7 rings (SSSR count). The summed E-state index contributed by atoms with van der Waals surface area (Å²) < 4.78 is 8.50. The topological polar surface area (TPSA) is 46.4 Å².